The second kappa shape index (κ2) is 9.49. The summed E-state index contributed by atoms with van der Waals surface area (Å²) in [5.74, 6) is 3.01. The van der Waals surface area contributed by atoms with Crippen LogP contribution >= 0.6 is 11.6 Å². The molecule has 0 saturated carbocycles. The van der Waals surface area contributed by atoms with Gasteiger partial charge in [0.15, 0.2) is 11.4 Å². The van der Waals surface area contributed by atoms with Gasteiger partial charge in [0, 0.05) is 42.8 Å². The Hall–Kier alpha value is -2.35. The zero-order chi connectivity index (χ0) is 22.9. The number of β-amino-alcohol motifs (C(OH)–C–C–N with tert-alkyl or cyclic N) is 1. The van der Waals surface area contributed by atoms with Gasteiger partial charge < -0.3 is 24.6 Å². The zero-order valence-electron chi connectivity index (χ0n) is 19.3. The Morgan fingerprint density at radius 3 is 2.88 bits per heavy atom. The Morgan fingerprint density at radius 1 is 1.24 bits per heavy atom. The number of ether oxygens (including phenoxy) is 1. The summed E-state index contributed by atoms with van der Waals surface area (Å²) in [6.45, 7) is 9.27. The van der Waals surface area contributed by atoms with Crippen molar-refractivity contribution in [2.75, 3.05) is 44.2 Å². The molecule has 1 aromatic carbocycles. The van der Waals surface area contributed by atoms with Gasteiger partial charge in [-0.15, -0.1) is 0 Å². The number of nitrogens with one attached hydrogen (secondary N) is 1. The summed E-state index contributed by atoms with van der Waals surface area (Å²) in [5, 5.41) is 9.99. The number of anilines is 1. The maximum Gasteiger partial charge on any atom is 0.183 e. The van der Waals surface area contributed by atoms with Gasteiger partial charge in [-0.1, -0.05) is 23.7 Å². The molecule has 8 heteroatoms. The summed E-state index contributed by atoms with van der Waals surface area (Å²) >= 11 is 6.48. The number of halogens is 1. The van der Waals surface area contributed by atoms with E-state index in [-0.39, 0.29) is 12.7 Å². The number of imidazole rings is 1. The molecule has 0 unspecified atom stereocenters. The number of piperidine rings is 1. The van der Waals surface area contributed by atoms with Crippen LogP contribution in [-0.2, 0) is 0 Å². The molecule has 0 radical (unpaired) electrons. The fraction of sp³-hybridized carbons (Fsp3) is 0.520. The van der Waals surface area contributed by atoms with E-state index in [2.05, 4.69) is 25.8 Å². The number of aliphatic hydroxyl groups is 1. The average Bonchev–Trinajstić information content (AvgIpc) is 3.22. The van der Waals surface area contributed by atoms with Gasteiger partial charge in [0.05, 0.1) is 12.9 Å². The molecule has 0 bridgehead atoms. The number of aromatic nitrogens is 3. The first-order valence-electron chi connectivity index (χ1n) is 11.9. The number of aliphatic hydroxyl groups excluding tert-OH is 1. The van der Waals surface area contributed by atoms with Gasteiger partial charge >= 0.3 is 0 Å². The van der Waals surface area contributed by atoms with Crippen LogP contribution in [0.3, 0.4) is 0 Å². The van der Waals surface area contributed by atoms with Gasteiger partial charge in [-0.2, -0.15) is 0 Å². The number of pyridine rings is 1. The van der Waals surface area contributed by atoms with E-state index in [1.165, 1.54) is 12.8 Å². The molecule has 176 valence electrons. The third-order valence-corrected chi connectivity index (χ3v) is 7.43. The molecule has 33 heavy (non-hydrogen) atoms. The van der Waals surface area contributed by atoms with Gasteiger partial charge in [-0.05, 0) is 56.7 Å². The molecule has 0 amide bonds. The first-order valence-corrected chi connectivity index (χ1v) is 12.2. The molecule has 2 aromatic heterocycles. The zero-order valence-corrected chi connectivity index (χ0v) is 20.1. The van der Waals surface area contributed by atoms with Crippen molar-refractivity contribution < 1.29 is 9.84 Å². The Balaban J connectivity index is 1.30. The number of aryl methyl sites for hydroxylation is 1. The highest BCUT2D eigenvalue weighted by atomic mass is 35.5. The van der Waals surface area contributed by atoms with E-state index in [4.69, 9.17) is 21.3 Å². The van der Waals surface area contributed by atoms with Crippen LogP contribution in [0.15, 0.2) is 30.6 Å². The van der Waals surface area contributed by atoms with Crippen molar-refractivity contribution in [2.45, 2.75) is 32.8 Å². The van der Waals surface area contributed by atoms with Crippen molar-refractivity contribution in [1.29, 1.82) is 0 Å². The van der Waals surface area contributed by atoms with E-state index in [0.717, 1.165) is 60.9 Å². The highest BCUT2D eigenvalue weighted by Crippen LogP contribution is 2.37. The monoisotopic (exact) mass is 469 g/mol. The third kappa shape index (κ3) is 4.67. The Morgan fingerprint density at radius 2 is 2.09 bits per heavy atom. The van der Waals surface area contributed by atoms with Crippen LogP contribution in [0.25, 0.3) is 11.2 Å². The molecule has 2 N–H and O–H groups in total. The SMILES string of the molecule is Cc1ccc([C@@H](C)Oc2cc(N3CC([C@H]4CCCN(CCO)C4)C3)nc3nc[nH]c23)c(Cl)c1. The number of fused-ring (bicyclic) bond motifs is 1. The Labute approximate surface area is 199 Å². The summed E-state index contributed by atoms with van der Waals surface area (Å²) in [4.78, 5) is 17.1. The Bertz CT molecular complexity index is 1110. The minimum atomic E-state index is -0.205. The van der Waals surface area contributed by atoms with Crippen LogP contribution in [0, 0.1) is 18.8 Å². The van der Waals surface area contributed by atoms with E-state index in [1.807, 2.05) is 32.0 Å². The molecule has 2 atom stereocenters. The first kappa shape index (κ1) is 22.4. The first-order chi connectivity index (χ1) is 16.0. The molecule has 5 rings (SSSR count). The molecule has 2 aliphatic rings. The summed E-state index contributed by atoms with van der Waals surface area (Å²) < 4.78 is 6.38. The standard InChI is InChI=1S/C25H32ClN5O2/c1-16-5-6-20(21(26)10-16)17(2)33-22-11-23(29-25-24(22)27-15-28-25)31-13-19(14-31)18-4-3-7-30(12-18)8-9-32/h5-6,10-11,15,17-19,32H,3-4,7-9,12-14H2,1-2H3,(H,27,28,29)/t17-,18+/m1/s1. The lowest BCUT2D eigenvalue weighted by atomic mass is 9.80. The molecule has 4 heterocycles. The van der Waals surface area contributed by atoms with Crippen LogP contribution in [0.2, 0.25) is 5.02 Å². The van der Waals surface area contributed by atoms with Crippen LogP contribution in [-0.4, -0.2) is 64.3 Å². The van der Waals surface area contributed by atoms with E-state index in [0.29, 0.717) is 22.5 Å². The van der Waals surface area contributed by atoms with Crippen molar-refractivity contribution in [3.63, 3.8) is 0 Å². The lowest BCUT2D eigenvalue weighted by Gasteiger charge is -2.47. The van der Waals surface area contributed by atoms with E-state index in [9.17, 15) is 5.11 Å². The predicted octanol–water partition coefficient (Wildman–Crippen LogP) is 4.20. The number of rotatable bonds is 7. The molecule has 3 aromatic rings. The second-order valence-corrected chi connectivity index (χ2v) is 9.86. The summed E-state index contributed by atoms with van der Waals surface area (Å²) in [7, 11) is 0. The van der Waals surface area contributed by atoms with Crippen molar-refractivity contribution >= 4 is 28.6 Å². The third-order valence-electron chi connectivity index (χ3n) is 7.10. The lowest BCUT2D eigenvalue weighted by molar-refractivity contribution is 0.101. The van der Waals surface area contributed by atoms with E-state index in [1.54, 1.807) is 6.33 Å². The number of H-pyrrole nitrogens is 1. The van der Waals surface area contributed by atoms with Gasteiger partial charge in [0.1, 0.15) is 17.4 Å². The summed E-state index contributed by atoms with van der Waals surface area (Å²) in [6.07, 6.45) is 3.95. The number of aromatic amines is 1. The molecule has 2 fully saturated rings. The number of hydrogen-bond acceptors (Lipinski definition) is 6. The van der Waals surface area contributed by atoms with Gasteiger partial charge in [0.25, 0.3) is 0 Å². The van der Waals surface area contributed by atoms with Gasteiger partial charge in [0.2, 0.25) is 0 Å². The molecular weight excluding hydrogens is 438 g/mol. The van der Waals surface area contributed by atoms with E-state index >= 15 is 0 Å². The molecular formula is C25H32ClN5O2. The second-order valence-electron chi connectivity index (χ2n) is 9.46. The van der Waals surface area contributed by atoms with Crippen LogP contribution in [0.5, 0.6) is 5.75 Å². The van der Waals surface area contributed by atoms with Crippen LogP contribution in [0.4, 0.5) is 5.82 Å². The highest BCUT2D eigenvalue weighted by Gasteiger charge is 2.36. The normalized spacial score (nSPS) is 20.7. The largest absolute Gasteiger partial charge is 0.484 e. The molecule has 2 aliphatic heterocycles. The van der Waals surface area contributed by atoms with E-state index < -0.39 is 0 Å². The highest BCUT2D eigenvalue weighted by molar-refractivity contribution is 6.31. The van der Waals surface area contributed by atoms with Crippen molar-refractivity contribution in [3.8, 4) is 5.75 Å². The minimum Gasteiger partial charge on any atom is -0.484 e. The van der Waals surface area contributed by atoms with Crippen molar-refractivity contribution in [2.24, 2.45) is 11.8 Å². The fourth-order valence-electron chi connectivity index (χ4n) is 5.17. The number of hydrogen-bond donors (Lipinski definition) is 2. The smallest absolute Gasteiger partial charge is 0.183 e. The molecule has 2 saturated heterocycles. The maximum atomic E-state index is 9.28. The number of benzene rings is 1. The topological polar surface area (TPSA) is 77.5 Å². The average molecular weight is 470 g/mol. The van der Waals surface area contributed by atoms with Gasteiger partial charge in [-0.3, -0.25) is 0 Å². The molecule has 7 nitrogen and oxygen atoms in total. The molecule has 0 spiro atoms. The quantitative estimate of drug-likeness (QED) is 0.540. The molecule has 0 aliphatic carbocycles. The fourth-order valence-corrected chi connectivity index (χ4v) is 5.56. The summed E-state index contributed by atoms with van der Waals surface area (Å²) in [6, 6.07) is 8.07. The van der Waals surface area contributed by atoms with Crippen LogP contribution < -0.4 is 9.64 Å². The van der Waals surface area contributed by atoms with Crippen molar-refractivity contribution in [1.82, 2.24) is 19.9 Å². The predicted molar refractivity (Wildman–Crippen MR) is 131 cm³/mol. The van der Waals surface area contributed by atoms with Crippen molar-refractivity contribution in [3.05, 3.63) is 46.7 Å². The lowest BCUT2D eigenvalue weighted by Crippen LogP contribution is -2.54. The Kier molecular flexibility index (Phi) is 6.45. The number of likely N-dealkylation sites (tertiary alicyclic amines) is 1. The minimum absolute atomic E-state index is 0.205. The van der Waals surface area contributed by atoms with Crippen LogP contribution in [0.1, 0.15) is 37.0 Å². The van der Waals surface area contributed by atoms with Gasteiger partial charge in [-0.25, -0.2) is 9.97 Å². The maximum absolute atomic E-state index is 9.28. The number of nitrogens with zero attached hydrogens (tertiary/aromatic N) is 4. The summed E-state index contributed by atoms with van der Waals surface area (Å²) in [5.41, 5.74) is 3.56.